The third kappa shape index (κ3) is 2.83. The molecule has 0 aliphatic rings. The number of benzene rings is 2. The highest BCUT2D eigenvalue weighted by Gasteiger charge is 2.12. The lowest BCUT2D eigenvalue weighted by molar-refractivity contribution is 0.417. The van der Waals surface area contributed by atoms with Gasteiger partial charge >= 0.3 is 0 Å². The van der Waals surface area contributed by atoms with Crippen LogP contribution in [0.4, 0.5) is 10.8 Å². The predicted molar refractivity (Wildman–Crippen MR) is 105 cm³/mol. The van der Waals surface area contributed by atoms with Crippen molar-refractivity contribution in [2.24, 2.45) is 7.05 Å². The number of methoxy groups -OCH3 is 1. The van der Waals surface area contributed by atoms with Crippen molar-refractivity contribution in [2.75, 3.05) is 12.4 Å². The Morgan fingerprint density at radius 1 is 1.21 bits per heavy atom. The molecule has 5 nitrogen and oxygen atoms in total. The second-order valence-electron chi connectivity index (χ2n) is 5.12. The Hall–Kier alpha value is -1.83. The number of fused-ring (bicyclic) bond motifs is 3. The molecule has 124 valence electrons. The molecule has 0 bridgehead atoms. The first kappa shape index (κ1) is 17.0. The molecule has 1 N–H and O–H groups in total. The quantitative estimate of drug-likeness (QED) is 0.495. The first-order valence-corrected chi connectivity index (χ1v) is 8.58. The molecule has 4 rings (SSSR count). The van der Waals surface area contributed by atoms with Gasteiger partial charge in [-0.15, -0.1) is 12.4 Å². The number of ether oxygens (including phenoxy) is 1. The van der Waals surface area contributed by atoms with E-state index in [4.69, 9.17) is 9.72 Å². The van der Waals surface area contributed by atoms with E-state index in [1.807, 2.05) is 36.1 Å². The van der Waals surface area contributed by atoms with Crippen molar-refractivity contribution in [3.63, 3.8) is 0 Å². The highest BCUT2D eigenvalue weighted by Crippen LogP contribution is 2.35. The highest BCUT2D eigenvalue weighted by molar-refractivity contribution is 9.10. The van der Waals surface area contributed by atoms with Crippen LogP contribution in [0.2, 0.25) is 0 Å². The molecular weight excluding hydrogens is 412 g/mol. The number of nitrogens with zero attached hydrogens (tertiary/aromatic N) is 3. The van der Waals surface area contributed by atoms with Crippen LogP contribution in [-0.2, 0) is 7.05 Å². The summed E-state index contributed by atoms with van der Waals surface area (Å²) in [5.41, 5.74) is 3.80. The first-order valence-electron chi connectivity index (χ1n) is 6.97. The number of rotatable bonds is 3. The molecule has 0 amide bonds. The second kappa shape index (κ2) is 6.58. The van der Waals surface area contributed by atoms with E-state index in [1.54, 1.807) is 18.4 Å². The van der Waals surface area contributed by atoms with E-state index in [2.05, 4.69) is 38.4 Å². The second-order valence-corrected chi connectivity index (χ2v) is 7.07. The van der Waals surface area contributed by atoms with Crippen LogP contribution < -0.4 is 10.1 Å². The summed E-state index contributed by atoms with van der Waals surface area (Å²) in [5, 5.41) is 4.16. The molecule has 0 atom stereocenters. The van der Waals surface area contributed by atoms with Crippen molar-refractivity contribution in [2.45, 2.75) is 0 Å². The number of anilines is 2. The SMILES string of the molecule is COc1ccc(Br)cc1Nc1nc2c(ccc3c2ncn3C)s1.Cl. The van der Waals surface area contributed by atoms with Crippen molar-refractivity contribution >= 4 is 71.7 Å². The van der Waals surface area contributed by atoms with Gasteiger partial charge in [0.15, 0.2) is 5.13 Å². The van der Waals surface area contributed by atoms with Crippen molar-refractivity contribution in [3.8, 4) is 5.75 Å². The molecule has 24 heavy (non-hydrogen) atoms. The minimum absolute atomic E-state index is 0. The fraction of sp³-hybridized carbons (Fsp3) is 0.125. The summed E-state index contributed by atoms with van der Waals surface area (Å²) in [6, 6.07) is 9.99. The summed E-state index contributed by atoms with van der Waals surface area (Å²) >= 11 is 5.08. The van der Waals surface area contributed by atoms with Crippen LogP contribution in [0, 0.1) is 0 Å². The molecule has 0 saturated heterocycles. The number of nitrogens with one attached hydrogen (secondary N) is 1. The molecule has 8 heteroatoms. The van der Waals surface area contributed by atoms with Gasteiger partial charge in [0.2, 0.25) is 0 Å². The van der Waals surface area contributed by atoms with Crippen LogP contribution >= 0.6 is 39.7 Å². The Morgan fingerprint density at radius 2 is 2.04 bits per heavy atom. The molecule has 0 fully saturated rings. The number of halogens is 2. The van der Waals surface area contributed by atoms with Crippen LogP contribution in [0.25, 0.3) is 21.3 Å². The molecule has 0 spiro atoms. The molecule has 2 aromatic carbocycles. The van der Waals surface area contributed by atoms with E-state index in [0.29, 0.717) is 0 Å². The minimum Gasteiger partial charge on any atom is -0.495 e. The number of imidazole rings is 1. The van der Waals surface area contributed by atoms with Gasteiger partial charge in [-0.25, -0.2) is 9.97 Å². The number of aromatic nitrogens is 3. The van der Waals surface area contributed by atoms with E-state index >= 15 is 0 Å². The smallest absolute Gasteiger partial charge is 0.188 e. The Morgan fingerprint density at radius 3 is 2.83 bits per heavy atom. The minimum atomic E-state index is 0. The van der Waals surface area contributed by atoms with Crippen molar-refractivity contribution in [1.29, 1.82) is 0 Å². The molecule has 0 aliphatic heterocycles. The number of hydrogen-bond acceptors (Lipinski definition) is 5. The maximum atomic E-state index is 5.40. The maximum absolute atomic E-state index is 5.40. The first-order chi connectivity index (χ1) is 11.2. The Bertz CT molecular complexity index is 1030. The van der Waals surface area contributed by atoms with Gasteiger partial charge in [-0.1, -0.05) is 27.3 Å². The standard InChI is InChI=1S/C16H13BrN4OS.ClH/c1-21-8-18-14-11(21)4-6-13-15(14)20-16(23-13)19-10-7-9(17)3-5-12(10)22-2;/h3-8H,1-2H3,(H,19,20);1H. The lowest BCUT2D eigenvalue weighted by Gasteiger charge is -2.09. The van der Waals surface area contributed by atoms with Crippen molar-refractivity contribution in [3.05, 3.63) is 41.1 Å². The summed E-state index contributed by atoms with van der Waals surface area (Å²) in [6.07, 6.45) is 1.81. The molecule has 2 heterocycles. The molecular formula is C16H14BrClN4OS. The Balaban J connectivity index is 0.00000169. The summed E-state index contributed by atoms with van der Waals surface area (Å²) in [4.78, 5) is 9.18. The molecule has 0 aliphatic carbocycles. The van der Waals surface area contributed by atoms with E-state index in [9.17, 15) is 0 Å². The zero-order valence-corrected chi connectivity index (χ0v) is 16.1. The lowest BCUT2D eigenvalue weighted by Crippen LogP contribution is -1.94. The Kier molecular flexibility index (Phi) is 4.67. The molecule has 4 aromatic rings. The largest absolute Gasteiger partial charge is 0.495 e. The van der Waals surface area contributed by atoms with E-state index in [-0.39, 0.29) is 12.4 Å². The maximum Gasteiger partial charge on any atom is 0.188 e. The van der Waals surface area contributed by atoms with Gasteiger partial charge < -0.3 is 14.6 Å². The van der Waals surface area contributed by atoms with Gasteiger partial charge in [0.25, 0.3) is 0 Å². The van der Waals surface area contributed by atoms with Gasteiger partial charge in [0.1, 0.15) is 16.8 Å². The van der Waals surface area contributed by atoms with Crippen LogP contribution in [0.15, 0.2) is 41.1 Å². The van der Waals surface area contributed by atoms with Crippen LogP contribution in [-0.4, -0.2) is 21.6 Å². The number of aryl methyl sites for hydroxylation is 1. The van der Waals surface area contributed by atoms with Crippen LogP contribution in [0.5, 0.6) is 5.75 Å². The lowest BCUT2D eigenvalue weighted by atomic mass is 10.3. The topological polar surface area (TPSA) is 52.0 Å². The van der Waals surface area contributed by atoms with E-state index in [0.717, 1.165) is 42.3 Å². The predicted octanol–water partition coefficient (Wildman–Crippen LogP) is 5.12. The normalized spacial score (nSPS) is 10.8. The molecule has 2 aromatic heterocycles. The average Bonchev–Trinajstić information content (AvgIpc) is 3.11. The van der Waals surface area contributed by atoms with Gasteiger partial charge in [-0.05, 0) is 30.3 Å². The van der Waals surface area contributed by atoms with E-state index in [1.165, 1.54) is 0 Å². The van der Waals surface area contributed by atoms with Crippen molar-refractivity contribution in [1.82, 2.24) is 14.5 Å². The van der Waals surface area contributed by atoms with Gasteiger partial charge in [0.05, 0.1) is 29.3 Å². The highest BCUT2D eigenvalue weighted by atomic mass is 79.9. The van der Waals surface area contributed by atoms with Gasteiger partial charge in [-0.2, -0.15) is 0 Å². The molecule has 0 unspecified atom stereocenters. The fourth-order valence-corrected chi connectivity index (χ4v) is 3.78. The summed E-state index contributed by atoms with van der Waals surface area (Å²) < 4.78 is 9.48. The van der Waals surface area contributed by atoms with Crippen molar-refractivity contribution < 1.29 is 4.74 Å². The summed E-state index contributed by atoms with van der Waals surface area (Å²) in [5.74, 6) is 0.774. The number of thiazole rings is 1. The monoisotopic (exact) mass is 424 g/mol. The summed E-state index contributed by atoms with van der Waals surface area (Å²) in [6.45, 7) is 0. The van der Waals surface area contributed by atoms with Crippen LogP contribution in [0.1, 0.15) is 0 Å². The number of hydrogen-bond donors (Lipinski definition) is 1. The average molecular weight is 426 g/mol. The van der Waals surface area contributed by atoms with Gasteiger partial charge in [0, 0.05) is 11.5 Å². The molecule has 0 radical (unpaired) electrons. The zero-order chi connectivity index (χ0) is 16.0. The van der Waals surface area contributed by atoms with Crippen LogP contribution in [0.3, 0.4) is 0 Å². The van der Waals surface area contributed by atoms with E-state index < -0.39 is 0 Å². The zero-order valence-electron chi connectivity index (χ0n) is 12.9. The Labute approximate surface area is 157 Å². The molecule has 0 saturated carbocycles. The van der Waals surface area contributed by atoms with Gasteiger partial charge in [-0.3, -0.25) is 0 Å². The third-order valence-electron chi connectivity index (χ3n) is 3.66. The fourth-order valence-electron chi connectivity index (χ4n) is 2.53. The summed E-state index contributed by atoms with van der Waals surface area (Å²) in [7, 11) is 3.64. The third-order valence-corrected chi connectivity index (χ3v) is 5.09.